The fourth-order valence-corrected chi connectivity index (χ4v) is 4.17. The van der Waals surface area contributed by atoms with Crippen LogP contribution in [-0.2, 0) is 4.79 Å². The van der Waals surface area contributed by atoms with E-state index < -0.39 is 10.8 Å². The Kier molecular flexibility index (Phi) is 6.28. The Morgan fingerprint density at radius 3 is 2.57 bits per heavy atom. The third-order valence-electron chi connectivity index (χ3n) is 3.16. The molecule has 2 N–H and O–H groups in total. The largest absolute Gasteiger partial charge is 0.301 e. The van der Waals surface area contributed by atoms with Crippen molar-refractivity contribution in [1.82, 2.24) is 15.2 Å². The number of aromatic nitrogens is 3. The van der Waals surface area contributed by atoms with Crippen LogP contribution in [0.2, 0.25) is 0 Å². The first-order valence-corrected chi connectivity index (χ1v) is 10.3. The molecule has 13 heteroatoms. The van der Waals surface area contributed by atoms with Crippen LogP contribution in [0.15, 0.2) is 34.0 Å². The third-order valence-corrected chi connectivity index (χ3v) is 6.01. The van der Waals surface area contributed by atoms with E-state index in [1.54, 1.807) is 0 Å². The van der Waals surface area contributed by atoms with Gasteiger partial charge in [-0.25, -0.2) is 4.98 Å². The van der Waals surface area contributed by atoms with Crippen LogP contribution in [0.25, 0.3) is 0 Å². The number of thioether (sulfide) groups is 1. The molecule has 2 heterocycles. The molecule has 3 rings (SSSR count). The molecule has 3 aromatic rings. The lowest BCUT2D eigenvalue weighted by Crippen LogP contribution is -2.13. The van der Waals surface area contributed by atoms with Crippen LogP contribution < -0.4 is 10.6 Å². The van der Waals surface area contributed by atoms with Gasteiger partial charge in [0.2, 0.25) is 11.0 Å². The Hall–Kier alpha value is -2.90. The Balaban J connectivity index is 1.51. The van der Waals surface area contributed by atoms with Crippen molar-refractivity contribution < 1.29 is 14.5 Å². The number of carbonyl (C=O) groups excluding carboxylic acids is 2. The minimum Gasteiger partial charge on any atom is -0.301 e. The number of benzene rings is 1. The van der Waals surface area contributed by atoms with Crippen LogP contribution in [-0.4, -0.2) is 37.7 Å². The van der Waals surface area contributed by atoms with Gasteiger partial charge in [0, 0.05) is 23.1 Å². The molecule has 0 radical (unpaired) electrons. The van der Waals surface area contributed by atoms with Gasteiger partial charge >= 0.3 is 0 Å². The molecule has 2 amide bonds. The Bertz CT molecular complexity index is 1020. The van der Waals surface area contributed by atoms with Crippen molar-refractivity contribution in [2.24, 2.45) is 0 Å². The first-order chi connectivity index (χ1) is 13.4. The van der Waals surface area contributed by atoms with Crippen molar-refractivity contribution in [2.45, 2.75) is 11.3 Å². The van der Waals surface area contributed by atoms with E-state index >= 15 is 0 Å². The maximum absolute atomic E-state index is 12.2. The summed E-state index contributed by atoms with van der Waals surface area (Å²) in [4.78, 5) is 38.3. The average molecular weight is 437 g/mol. The summed E-state index contributed by atoms with van der Waals surface area (Å²) < 4.78 is 0.518. The summed E-state index contributed by atoms with van der Waals surface area (Å²) in [5.74, 6) is -0.547. The lowest BCUT2D eigenvalue weighted by molar-refractivity contribution is -0.384. The smallest absolute Gasteiger partial charge is 0.269 e. The zero-order chi connectivity index (χ0) is 20.1. The molecular formula is C15H12N6O4S3. The molecule has 0 saturated carbocycles. The highest BCUT2D eigenvalue weighted by Gasteiger charge is 2.14. The third kappa shape index (κ3) is 5.31. The van der Waals surface area contributed by atoms with Gasteiger partial charge in [0.1, 0.15) is 0 Å². The summed E-state index contributed by atoms with van der Waals surface area (Å²) in [5.41, 5.74) is 0.996. The fourth-order valence-electron chi connectivity index (χ4n) is 1.92. The predicted octanol–water partition coefficient (Wildman–Crippen LogP) is 3.19. The minimum atomic E-state index is -0.540. The van der Waals surface area contributed by atoms with E-state index in [-0.39, 0.29) is 28.0 Å². The molecule has 28 heavy (non-hydrogen) atoms. The number of nitro benzene ring substituents is 1. The highest BCUT2D eigenvalue weighted by molar-refractivity contribution is 8.01. The van der Waals surface area contributed by atoms with Gasteiger partial charge in [0.05, 0.1) is 16.4 Å². The Morgan fingerprint density at radius 1 is 1.18 bits per heavy atom. The summed E-state index contributed by atoms with van der Waals surface area (Å²) in [5, 5.41) is 26.3. The molecule has 0 aliphatic rings. The second-order valence-corrected chi connectivity index (χ2v) is 8.32. The fraction of sp³-hybridized carbons (Fsp3) is 0.133. The van der Waals surface area contributed by atoms with Crippen LogP contribution in [0.1, 0.15) is 16.1 Å². The molecule has 0 aliphatic carbocycles. The number of anilines is 2. The lowest BCUT2D eigenvalue weighted by Gasteiger charge is -2.00. The number of non-ortho nitro benzene ring substituents is 1. The van der Waals surface area contributed by atoms with Crippen LogP contribution >= 0.6 is 34.4 Å². The van der Waals surface area contributed by atoms with Gasteiger partial charge in [-0.15, -0.1) is 21.5 Å². The molecule has 144 valence electrons. The maximum atomic E-state index is 12.2. The molecule has 0 saturated heterocycles. The number of aryl methyl sites for hydroxylation is 1. The number of nitrogens with one attached hydrogen (secondary N) is 2. The van der Waals surface area contributed by atoms with Gasteiger partial charge < -0.3 is 5.32 Å². The van der Waals surface area contributed by atoms with Gasteiger partial charge in [-0.1, -0.05) is 23.1 Å². The maximum Gasteiger partial charge on any atom is 0.269 e. The zero-order valence-electron chi connectivity index (χ0n) is 14.2. The minimum absolute atomic E-state index is 0.0997. The van der Waals surface area contributed by atoms with Crippen molar-refractivity contribution in [2.75, 3.05) is 16.4 Å². The molecule has 10 nitrogen and oxygen atoms in total. The van der Waals surface area contributed by atoms with E-state index in [2.05, 4.69) is 25.8 Å². The number of rotatable bonds is 7. The number of hydrogen-bond donors (Lipinski definition) is 2. The topological polar surface area (TPSA) is 140 Å². The van der Waals surface area contributed by atoms with Crippen LogP contribution in [0, 0.1) is 17.0 Å². The van der Waals surface area contributed by atoms with Crippen molar-refractivity contribution in [3.63, 3.8) is 0 Å². The Labute approximate surface area is 170 Å². The van der Waals surface area contributed by atoms with Crippen molar-refractivity contribution in [3.8, 4) is 0 Å². The number of hydrogen-bond acceptors (Lipinski definition) is 10. The standard InChI is InChI=1S/C15H12N6O4S3/c1-8-6-26-13(16-8)17-11(22)7-27-15-20-19-14(28-15)18-12(23)9-2-4-10(5-3-9)21(24)25/h2-6H,7H2,1H3,(H,16,17,22)(H,18,19,23). The quantitative estimate of drug-likeness (QED) is 0.249. The van der Waals surface area contributed by atoms with Gasteiger partial charge in [0.25, 0.3) is 11.6 Å². The Morgan fingerprint density at radius 2 is 1.93 bits per heavy atom. The predicted molar refractivity (Wildman–Crippen MR) is 107 cm³/mol. The zero-order valence-corrected chi connectivity index (χ0v) is 16.7. The molecule has 2 aromatic heterocycles. The molecule has 0 atom stereocenters. The van der Waals surface area contributed by atoms with Crippen LogP contribution in [0.5, 0.6) is 0 Å². The first kappa shape index (κ1) is 19.9. The van der Waals surface area contributed by atoms with E-state index in [1.165, 1.54) is 47.4 Å². The highest BCUT2D eigenvalue weighted by atomic mass is 32.2. The summed E-state index contributed by atoms with van der Waals surface area (Å²) in [7, 11) is 0. The number of nitrogens with zero attached hydrogens (tertiary/aromatic N) is 4. The van der Waals surface area contributed by atoms with Gasteiger partial charge in [-0.2, -0.15) is 0 Å². The molecule has 0 spiro atoms. The number of amides is 2. The second kappa shape index (κ2) is 8.86. The molecule has 0 aliphatic heterocycles. The summed E-state index contributed by atoms with van der Waals surface area (Å²) in [6, 6.07) is 5.21. The normalized spacial score (nSPS) is 10.5. The molecular weight excluding hydrogens is 424 g/mol. The van der Waals surface area contributed by atoms with Gasteiger partial charge in [-0.05, 0) is 19.1 Å². The number of nitro groups is 1. The summed E-state index contributed by atoms with van der Waals surface area (Å²) in [6.07, 6.45) is 0. The van der Waals surface area contributed by atoms with Crippen molar-refractivity contribution >= 4 is 62.2 Å². The van der Waals surface area contributed by atoms with Gasteiger partial charge in [0.15, 0.2) is 9.47 Å². The van der Waals surface area contributed by atoms with Gasteiger partial charge in [-0.3, -0.25) is 25.0 Å². The first-order valence-electron chi connectivity index (χ1n) is 7.65. The molecule has 1 aromatic carbocycles. The molecule has 0 fully saturated rings. The average Bonchev–Trinajstić information content (AvgIpc) is 3.28. The van der Waals surface area contributed by atoms with Crippen molar-refractivity contribution in [1.29, 1.82) is 0 Å². The SMILES string of the molecule is Cc1csc(NC(=O)CSc2nnc(NC(=O)c3ccc([N+](=O)[O-])cc3)s2)n1. The van der Waals surface area contributed by atoms with Crippen LogP contribution in [0.4, 0.5) is 16.0 Å². The lowest BCUT2D eigenvalue weighted by atomic mass is 10.2. The van der Waals surface area contributed by atoms with Crippen LogP contribution in [0.3, 0.4) is 0 Å². The highest BCUT2D eigenvalue weighted by Crippen LogP contribution is 2.26. The van der Waals surface area contributed by atoms with E-state index in [1.807, 2.05) is 12.3 Å². The molecule has 0 unspecified atom stereocenters. The van der Waals surface area contributed by atoms with Crippen molar-refractivity contribution in [3.05, 3.63) is 51.0 Å². The summed E-state index contributed by atoms with van der Waals surface area (Å²) in [6.45, 7) is 1.84. The second-order valence-electron chi connectivity index (χ2n) is 5.26. The van der Waals surface area contributed by atoms with E-state index in [4.69, 9.17) is 0 Å². The summed E-state index contributed by atoms with van der Waals surface area (Å²) >= 11 is 3.66. The monoisotopic (exact) mass is 436 g/mol. The van der Waals surface area contributed by atoms with E-state index in [9.17, 15) is 19.7 Å². The number of thiazole rings is 1. The van der Waals surface area contributed by atoms with E-state index in [0.29, 0.717) is 9.47 Å². The van der Waals surface area contributed by atoms with E-state index in [0.717, 1.165) is 17.0 Å². The number of carbonyl (C=O) groups is 2. The molecule has 0 bridgehead atoms.